The van der Waals surface area contributed by atoms with Crippen molar-refractivity contribution in [3.05, 3.63) is 47.9 Å². The third kappa shape index (κ3) is 4.07. The van der Waals surface area contributed by atoms with Gasteiger partial charge in [0, 0.05) is 31.0 Å². The molecule has 140 valence electrons. The highest BCUT2D eigenvalue weighted by Crippen LogP contribution is 2.24. The molecule has 8 heteroatoms. The van der Waals surface area contributed by atoms with Crippen molar-refractivity contribution in [3.8, 4) is 5.69 Å². The molecule has 1 aliphatic heterocycles. The highest BCUT2D eigenvalue weighted by molar-refractivity contribution is 5.53. The molecule has 0 unspecified atom stereocenters. The summed E-state index contributed by atoms with van der Waals surface area (Å²) in [6.45, 7) is 7.38. The Hall–Kier alpha value is -2.77. The van der Waals surface area contributed by atoms with Crippen molar-refractivity contribution in [3.63, 3.8) is 0 Å². The maximum atomic E-state index is 12.0. The molecule has 0 spiro atoms. The lowest BCUT2D eigenvalue weighted by atomic mass is 10.1. The van der Waals surface area contributed by atoms with E-state index in [1.165, 1.54) is 5.01 Å². The van der Waals surface area contributed by atoms with Crippen LogP contribution in [0.25, 0.3) is 5.69 Å². The fourth-order valence-electron chi connectivity index (χ4n) is 2.72. The predicted molar refractivity (Wildman–Crippen MR) is 98.8 cm³/mol. The molecule has 26 heavy (non-hydrogen) atoms. The van der Waals surface area contributed by atoms with Gasteiger partial charge in [-0.05, 0) is 45.0 Å². The Kier molecular flexibility index (Phi) is 5.01. The van der Waals surface area contributed by atoms with Crippen LogP contribution in [0.2, 0.25) is 0 Å². The lowest BCUT2D eigenvalue weighted by Gasteiger charge is -2.26. The molecular weight excluding hydrogens is 332 g/mol. The van der Waals surface area contributed by atoms with E-state index in [4.69, 9.17) is 4.84 Å². The fourth-order valence-corrected chi connectivity index (χ4v) is 2.72. The Morgan fingerprint density at radius 1 is 1.31 bits per heavy atom. The van der Waals surface area contributed by atoms with Gasteiger partial charge in [-0.1, -0.05) is 6.07 Å². The number of hydrogen-bond donors (Lipinski definition) is 0. The van der Waals surface area contributed by atoms with E-state index in [0.717, 1.165) is 24.3 Å². The molecule has 0 saturated carbocycles. The van der Waals surface area contributed by atoms with Gasteiger partial charge in [0.25, 0.3) is 0 Å². The van der Waals surface area contributed by atoms with Gasteiger partial charge in [-0.3, -0.25) is 0 Å². The SMILES string of the molecule is CN(/[N+]([O-])=N/O[C@@H]1CCN(c2cccc(-n3cccn3)c2)C1)C(C)(C)C. The highest BCUT2D eigenvalue weighted by atomic mass is 16.7. The van der Waals surface area contributed by atoms with Gasteiger partial charge in [0.15, 0.2) is 6.10 Å². The largest absolute Gasteiger partial charge is 0.569 e. The zero-order valence-corrected chi connectivity index (χ0v) is 15.7. The van der Waals surface area contributed by atoms with Crippen molar-refractivity contribution in [2.75, 3.05) is 25.0 Å². The number of rotatable bonds is 5. The van der Waals surface area contributed by atoms with E-state index in [-0.39, 0.29) is 11.6 Å². The van der Waals surface area contributed by atoms with Gasteiger partial charge in [0.2, 0.25) is 5.28 Å². The van der Waals surface area contributed by atoms with Gasteiger partial charge in [0.05, 0.1) is 29.8 Å². The Balaban J connectivity index is 1.62. The Morgan fingerprint density at radius 3 is 2.77 bits per heavy atom. The van der Waals surface area contributed by atoms with E-state index in [9.17, 15) is 5.21 Å². The summed E-state index contributed by atoms with van der Waals surface area (Å²) in [4.78, 5) is 8.22. The zero-order valence-electron chi connectivity index (χ0n) is 15.7. The molecule has 1 fully saturated rings. The average molecular weight is 358 g/mol. The molecule has 0 aliphatic carbocycles. The van der Waals surface area contributed by atoms with Crippen LogP contribution in [0.15, 0.2) is 48.0 Å². The van der Waals surface area contributed by atoms with Crippen LogP contribution in [0.5, 0.6) is 0 Å². The minimum atomic E-state index is -0.316. The highest BCUT2D eigenvalue weighted by Gasteiger charge is 2.27. The van der Waals surface area contributed by atoms with Crippen molar-refractivity contribution >= 4 is 5.69 Å². The van der Waals surface area contributed by atoms with Crippen molar-refractivity contribution in [1.29, 1.82) is 0 Å². The standard InChI is InChI=1S/C18H26N6O2/c1-18(2,3)21(4)24(25)20-26-17-9-12-22(14-17)15-7-5-8-16(13-15)23-11-6-10-19-23/h5-8,10-11,13,17H,9,12,14H2,1-4H3/b24-20-/t17-/m1/s1. The van der Waals surface area contributed by atoms with Crippen molar-refractivity contribution in [2.24, 2.45) is 5.28 Å². The molecule has 0 N–H and O–H groups in total. The molecule has 1 saturated heterocycles. The van der Waals surface area contributed by atoms with Crippen LogP contribution in [0.1, 0.15) is 27.2 Å². The van der Waals surface area contributed by atoms with Crippen LogP contribution in [0, 0.1) is 5.21 Å². The number of aromatic nitrogens is 2. The first-order valence-corrected chi connectivity index (χ1v) is 8.77. The molecule has 8 nitrogen and oxygen atoms in total. The molecule has 2 heterocycles. The van der Waals surface area contributed by atoms with Crippen LogP contribution in [0.4, 0.5) is 5.69 Å². The monoisotopic (exact) mass is 358 g/mol. The minimum absolute atomic E-state index is 0.104. The fraction of sp³-hybridized carbons (Fsp3) is 0.500. The van der Waals surface area contributed by atoms with Crippen LogP contribution >= 0.6 is 0 Å². The molecule has 0 bridgehead atoms. The molecule has 1 aromatic carbocycles. The maximum absolute atomic E-state index is 12.0. The van der Waals surface area contributed by atoms with Crippen LogP contribution < -0.4 is 4.90 Å². The van der Waals surface area contributed by atoms with Crippen LogP contribution in [-0.2, 0) is 4.84 Å². The predicted octanol–water partition coefficient (Wildman–Crippen LogP) is 2.99. The number of benzene rings is 1. The van der Waals surface area contributed by atoms with Crippen LogP contribution in [0.3, 0.4) is 0 Å². The summed E-state index contributed by atoms with van der Waals surface area (Å²) in [7, 11) is 1.70. The molecule has 0 amide bonds. The first kappa shape index (κ1) is 18.0. The first-order valence-electron chi connectivity index (χ1n) is 8.77. The number of hydrazine groups is 1. The van der Waals surface area contributed by atoms with Gasteiger partial charge < -0.3 is 14.9 Å². The smallest absolute Gasteiger partial charge is 0.233 e. The number of nitrogens with zero attached hydrogens (tertiary/aromatic N) is 6. The molecule has 2 aromatic rings. The van der Waals surface area contributed by atoms with Crippen LogP contribution in [-0.4, -0.2) is 51.5 Å². The molecule has 1 aliphatic rings. The number of hydrogen-bond acceptors (Lipinski definition) is 5. The minimum Gasteiger partial charge on any atom is -0.569 e. The van der Waals surface area contributed by atoms with E-state index < -0.39 is 0 Å². The van der Waals surface area contributed by atoms with E-state index in [1.807, 2.05) is 49.8 Å². The Morgan fingerprint density at radius 2 is 2.08 bits per heavy atom. The Bertz CT molecular complexity index is 753. The zero-order chi connectivity index (χ0) is 18.7. The summed E-state index contributed by atoms with van der Waals surface area (Å²) in [5, 5.41) is 21.5. The Labute approximate surface area is 153 Å². The maximum Gasteiger partial charge on any atom is 0.233 e. The summed E-state index contributed by atoms with van der Waals surface area (Å²) in [6.07, 6.45) is 4.40. The van der Waals surface area contributed by atoms with Gasteiger partial charge in [0.1, 0.15) is 0 Å². The lowest BCUT2D eigenvalue weighted by Crippen LogP contribution is -2.42. The molecule has 0 radical (unpaired) electrons. The molecule has 1 aromatic heterocycles. The van der Waals surface area contributed by atoms with Gasteiger partial charge in [-0.2, -0.15) is 5.10 Å². The quantitative estimate of drug-likeness (QED) is 0.467. The van der Waals surface area contributed by atoms with E-state index in [2.05, 4.69) is 27.4 Å². The van der Waals surface area contributed by atoms with E-state index >= 15 is 0 Å². The third-order valence-electron chi connectivity index (χ3n) is 4.60. The van der Waals surface area contributed by atoms with Crippen molar-refractivity contribution in [2.45, 2.75) is 38.8 Å². The average Bonchev–Trinajstić information content (AvgIpc) is 3.30. The van der Waals surface area contributed by atoms with E-state index in [1.54, 1.807) is 13.2 Å². The summed E-state index contributed by atoms with van der Waals surface area (Å²) in [5.41, 5.74) is 1.80. The summed E-state index contributed by atoms with van der Waals surface area (Å²) < 4.78 is 1.83. The first-order chi connectivity index (χ1) is 12.3. The number of anilines is 1. The second-order valence-electron chi connectivity index (χ2n) is 7.46. The second-order valence-corrected chi connectivity index (χ2v) is 7.46. The summed E-state index contributed by atoms with van der Waals surface area (Å²) in [6, 6.07) is 10.1. The van der Waals surface area contributed by atoms with Gasteiger partial charge >= 0.3 is 0 Å². The van der Waals surface area contributed by atoms with Gasteiger partial charge in [-0.25, -0.2) is 4.68 Å². The molecule has 1 atom stereocenters. The second kappa shape index (κ2) is 7.23. The molecular formula is C18H26N6O2. The third-order valence-corrected chi connectivity index (χ3v) is 4.60. The summed E-state index contributed by atoms with van der Waals surface area (Å²) >= 11 is 0. The van der Waals surface area contributed by atoms with Crippen molar-refractivity contribution < 1.29 is 9.81 Å². The lowest BCUT2D eigenvalue weighted by molar-refractivity contribution is -0.720. The molecule has 3 rings (SSSR count). The van der Waals surface area contributed by atoms with E-state index in [0.29, 0.717) is 11.5 Å². The summed E-state index contributed by atoms with van der Waals surface area (Å²) in [5.74, 6) is 0. The normalized spacial score (nSPS) is 18.2. The van der Waals surface area contributed by atoms with Crippen molar-refractivity contribution in [1.82, 2.24) is 14.8 Å². The topological polar surface area (TPSA) is 72.0 Å². The van der Waals surface area contributed by atoms with Gasteiger partial charge in [-0.15, -0.1) is 5.01 Å².